The Balaban J connectivity index is 1.53. The fraction of sp³-hybridized carbons (Fsp3) is 0.450. The molecule has 27 heavy (non-hydrogen) atoms. The summed E-state index contributed by atoms with van der Waals surface area (Å²) < 4.78 is 30.6. The number of hydrogen-bond donors (Lipinski definition) is 1. The molecule has 0 spiro atoms. The molecule has 1 fully saturated rings. The summed E-state index contributed by atoms with van der Waals surface area (Å²) >= 11 is 0. The molecule has 1 aromatic heterocycles. The molecule has 0 unspecified atom stereocenters. The summed E-state index contributed by atoms with van der Waals surface area (Å²) in [7, 11) is -3.61. The molecule has 1 aliphatic heterocycles. The van der Waals surface area contributed by atoms with E-state index >= 15 is 0 Å². The van der Waals surface area contributed by atoms with Crippen molar-refractivity contribution >= 4 is 21.6 Å². The number of aromatic nitrogens is 1. The molecule has 2 heterocycles. The maximum atomic E-state index is 12.8. The Morgan fingerprint density at radius 2 is 1.96 bits per heavy atom. The lowest BCUT2D eigenvalue weighted by molar-refractivity contribution is -0.116. The van der Waals surface area contributed by atoms with Crippen LogP contribution in [0.1, 0.15) is 48.3 Å². The molecule has 2 aliphatic rings. The van der Waals surface area contributed by atoms with Gasteiger partial charge in [0.25, 0.3) is 0 Å². The van der Waals surface area contributed by atoms with Crippen molar-refractivity contribution in [2.45, 2.75) is 57.5 Å². The molecular weight excluding hydrogens is 362 g/mol. The fourth-order valence-corrected chi connectivity index (χ4v) is 5.10. The van der Waals surface area contributed by atoms with E-state index in [2.05, 4.69) is 29.2 Å². The predicted octanol–water partition coefficient (Wildman–Crippen LogP) is 2.83. The van der Waals surface area contributed by atoms with Crippen LogP contribution in [0.2, 0.25) is 0 Å². The van der Waals surface area contributed by atoms with Crippen LogP contribution < -0.4 is 9.62 Å². The van der Waals surface area contributed by atoms with Crippen molar-refractivity contribution in [3.05, 3.63) is 46.8 Å². The zero-order chi connectivity index (χ0) is 19.3. The van der Waals surface area contributed by atoms with E-state index in [9.17, 15) is 13.2 Å². The van der Waals surface area contributed by atoms with Crippen molar-refractivity contribution in [3.63, 3.8) is 0 Å². The van der Waals surface area contributed by atoms with Crippen LogP contribution in [0.15, 0.2) is 29.2 Å². The number of carbonyl (C=O) groups is 1. The third kappa shape index (κ3) is 3.30. The lowest BCUT2D eigenvalue weighted by Crippen LogP contribution is -2.26. The number of nitrogens with zero attached hydrogens (tertiary/aromatic N) is 2. The van der Waals surface area contributed by atoms with Gasteiger partial charge in [0.15, 0.2) is 0 Å². The highest BCUT2D eigenvalue weighted by atomic mass is 32.2. The normalized spacial score (nSPS) is 16.6. The first-order valence-electron chi connectivity index (χ1n) is 9.36. The molecule has 1 aromatic carbocycles. The van der Waals surface area contributed by atoms with Crippen LogP contribution in [0, 0.1) is 13.8 Å². The molecule has 7 heteroatoms. The van der Waals surface area contributed by atoms with Crippen LogP contribution in [0.25, 0.3) is 0 Å². The maximum Gasteiger partial charge on any atom is 0.240 e. The minimum Gasteiger partial charge on any atom is -0.346 e. The number of rotatable bonds is 5. The van der Waals surface area contributed by atoms with Gasteiger partial charge >= 0.3 is 0 Å². The summed E-state index contributed by atoms with van der Waals surface area (Å²) in [4.78, 5) is 13.6. The summed E-state index contributed by atoms with van der Waals surface area (Å²) in [5.41, 5.74) is 5.07. The highest BCUT2D eigenvalue weighted by Gasteiger charge is 2.28. The van der Waals surface area contributed by atoms with Gasteiger partial charge in [0.1, 0.15) is 0 Å². The SMILES string of the molecule is CC(=O)N1CCc2cc(S(=O)(=O)NCc3cc(C)n(C4CC4)c3C)ccc21. The molecule has 1 aliphatic carbocycles. The van der Waals surface area contributed by atoms with Gasteiger partial charge in [0.05, 0.1) is 4.90 Å². The quantitative estimate of drug-likeness (QED) is 0.858. The van der Waals surface area contributed by atoms with E-state index in [4.69, 9.17) is 0 Å². The zero-order valence-corrected chi connectivity index (χ0v) is 16.8. The highest BCUT2D eigenvalue weighted by Crippen LogP contribution is 2.38. The Kier molecular flexibility index (Phi) is 4.39. The average Bonchev–Trinajstić information content (AvgIpc) is 3.27. The third-order valence-corrected chi connectivity index (χ3v) is 6.99. The van der Waals surface area contributed by atoms with Crippen molar-refractivity contribution in [3.8, 4) is 0 Å². The molecule has 0 atom stereocenters. The van der Waals surface area contributed by atoms with Crippen LogP contribution in [0.5, 0.6) is 0 Å². The first-order valence-corrected chi connectivity index (χ1v) is 10.8. The Morgan fingerprint density at radius 3 is 2.63 bits per heavy atom. The third-order valence-electron chi connectivity index (χ3n) is 5.59. The Hall–Kier alpha value is -2.12. The lowest BCUT2D eigenvalue weighted by atomic mass is 10.2. The number of fused-ring (bicyclic) bond motifs is 1. The number of benzene rings is 1. The van der Waals surface area contributed by atoms with E-state index in [0.29, 0.717) is 19.0 Å². The monoisotopic (exact) mass is 387 g/mol. The molecule has 0 saturated heterocycles. The number of hydrogen-bond acceptors (Lipinski definition) is 3. The molecular formula is C20H25N3O3S. The summed E-state index contributed by atoms with van der Waals surface area (Å²) in [6.07, 6.45) is 3.09. The predicted molar refractivity (Wildman–Crippen MR) is 104 cm³/mol. The van der Waals surface area contributed by atoms with Crippen molar-refractivity contribution in [1.82, 2.24) is 9.29 Å². The molecule has 4 rings (SSSR count). The van der Waals surface area contributed by atoms with E-state index in [1.165, 1.54) is 25.5 Å². The summed E-state index contributed by atoms with van der Waals surface area (Å²) in [6, 6.07) is 7.65. The molecule has 1 saturated carbocycles. The molecule has 144 valence electrons. The van der Waals surface area contributed by atoms with Crippen LogP contribution in [-0.4, -0.2) is 25.4 Å². The Morgan fingerprint density at radius 1 is 1.22 bits per heavy atom. The largest absolute Gasteiger partial charge is 0.346 e. The number of sulfonamides is 1. The molecule has 6 nitrogen and oxygen atoms in total. The van der Waals surface area contributed by atoms with E-state index in [1.807, 2.05) is 0 Å². The fourth-order valence-electron chi connectivity index (χ4n) is 4.05. The van der Waals surface area contributed by atoms with Gasteiger partial charge < -0.3 is 9.47 Å². The summed E-state index contributed by atoms with van der Waals surface area (Å²) in [6.45, 7) is 6.55. The Bertz CT molecular complexity index is 1020. The van der Waals surface area contributed by atoms with Gasteiger partial charge in [-0.1, -0.05) is 0 Å². The first-order chi connectivity index (χ1) is 12.8. The van der Waals surface area contributed by atoms with E-state index in [0.717, 1.165) is 22.5 Å². The van der Waals surface area contributed by atoms with E-state index in [-0.39, 0.29) is 17.3 Å². The minimum atomic E-state index is -3.61. The number of carbonyl (C=O) groups excluding carboxylic acids is 1. The second-order valence-corrected chi connectivity index (χ2v) is 9.30. The maximum absolute atomic E-state index is 12.8. The molecule has 1 amide bonds. The Labute approximate surface area is 160 Å². The van der Waals surface area contributed by atoms with Crippen molar-refractivity contribution in [2.24, 2.45) is 0 Å². The van der Waals surface area contributed by atoms with E-state index < -0.39 is 10.0 Å². The second-order valence-electron chi connectivity index (χ2n) is 7.53. The van der Waals surface area contributed by atoms with Gasteiger partial charge in [0.2, 0.25) is 15.9 Å². The van der Waals surface area contributed by atoms with Crippen LogP contribution >= 0.6 is 0 Å². The van der Waals surface area contributed by atoms with Gasteiger partial charge in [-0.2, -0.15) is 0 Å². The minimum absolute atomic E-state index is 0.0199. The lowest BCUT2D eigenvalue weighted by Gasteiger charge is -2.15. The summed E-state index contributed by atoms with van der Waals surface area (Å²) in [5.74, 6) is -0.0199. The van der Waals surface area contributed by atoms with Gasteiger partial charge in [-0.15, -0.1) is 0 Å². The van der Waals surface area contributed by atoms with Crippen LogP contribution in [0.4, 0.5) is 5.69 Å². The van der Waals surface area contributed by atoms with Gasteiger partial charge in [-0.3, -0.25) is 4.79 Å². The van der Waals surface area contributed by atoms with Gasteiger partial charge in [-0.05, 0) is 68.5 Å². The number of aryl methyl sites for hydroxylation is 1. The number of anilines is 1. The van der Waals surface area contributed by atoms with Gasteiger partial charge in [-0.25, -0.2) is 13.1 Å². The first kappa shape index (κ1) is 18.3. The number of nitrogens with one attached hydrogen (secondary N) is 1. The van der Waals surface area contributed by atoms with Crippen LogP contribution in [-0.2, 0) is 27.8 Å². The second kappa shape index (κ2) is 6.49. The smallest absolute Gasteiger partial charge is 0.240 e. The van der Waals surface area contributed by atoms with Crippen molar-refractivity contribution in [2.75, 3.05) is 11.4 Å². The van der Waals surface area contributed by atoms with E-state index in [1.54, 1.807) is 23.1 Å². The molecule has 0 radical (unpaired) electrons. The van der Waals surface area contributed by atoms with Crippen LogP contribution in [0.3, 0.4) is 0 Å². The molecule has 1 N–H and O–H groups in total. The molecule has 0 bridgehead atoms. The summed E-state index contributed by atoms with van der Waals surface area (Å²) in [5, 5.41) is 0. The molecule has 2 aromatic rings. The standard InChI is InChI=1S/C20H25N3O3S/c1-13-10-17(14(2)23(13)18-4-5-18)12-21-27(25,26)19-6-7-20-16(11-19)8-9-22(20)15(3)24/h6-7,10-11,18,21H,4-5,8-9,12H2,1-3H3. The number of amides is 1. The average molecular weight is 388 g/mol. The van der Waals surface area contributed by atoms with Crippen molar-refractivity contribution in [1.29, 1.82) is 0 Å². The highest BCUT2D eigenvalue weighted by molar-refractivity contribution is 7.89. The van der Waals surface area contributed by atoms with Gasteiger partial charge in [0, 0.05) is 43.1 Å². The van der Waals surface area contributed by atoms with Crippen molar-refractivity contribution < 1.29 is 13.2 Å². The topological polar surface area (TPSA) is 71.4 Å². The zero-order valence-electron chi connectivity index (χ0n) is 15.9.